The summed E-state index contributed by atoms with van der Waals surface area (Å²) in [6.45, 7) is 2.38. The third-order valence-electron chi connectivity index (χ3n) is 9.42. The number of amides is 1. The molecule has 0 radical (unpaired) electrons. The highest BCUT2D eigenvalue weighted by atomic mass is 32.1. The van der Waals surface area contributed by atoms with Crippen molar-refractivity contribution < 1.29 is 23.9 Å². The number of aromatic nitrogens is 1. The number of para-hydroxylation sites is 1. The van der Waals surface area contributed by atoms with Gasteiger partial charge >= 0.3 is 5.97 Å². The Bertz CT molecular complexity index is 1480. The number of allylic oxidation sites excluding steroid dienone is 2. The molecule has 5 atom stereocenters. The van der Waals surface area contributed by atoms with Crippen LogP contribution in [0.5, 0.6) is 5.19 Å². The number of Topliss-reactive ketones (excluding diaryl/α,β-unsaturated/α-hetero) is 1. The van der Waals surface area contributed by atoms with Gasteiger partial charge in [-0.2, -0.15) is 0 Å². The van der Waals surface area contributed by atoms with E-state index in [0.29, 0.717) is 31.0 Å². The number of hydrogen-bond acceptors (Lipinski definition) is 7. The zero-order valence-electron chi connectivity index (χ0n) is 25.0. The van der Waals surface area contributed by atoms with Crippen LogP contribution in [0.25, 0.3) is 10.2 Å². The minimum Gasteiger partial charge on any atom is -0.469 e. The number of thiazole rings is 1. The molecule has 1 amide bonds. The zero-order chi connectivity index (χ0) is 30.0. The monoisotopic (exact) mass is 600 g/mol. The summed E-state index contributed by atoms with van der Waals surface area (Å²) in [6.07, 6.45) is 10.3. The van der Waals surface area contributed by atoms with Gasteiger partial charge in [0, 0.05) is 18.8 Å². The molecule has 0 unspecified atom stereocenters. The fourth-order valence-electron chi connectivity index (χ4n) is 6.85. The molecule has 226 valence electrons. The quantitative estimate of drug-likeness (QED) is 0.247. The zero-order valence-corrected chi connectivity index (χ0v) is 25.8. The highest BCUT2D eigenvalue weighted by Crippen LogP contribution is 2.57. The first-order valence-corrected chi connectivity index (χ1v) is 16.3. The summed E-state index contributed by atoms with van der Waals surface area (Å²) in [6, 6.07) is 15.6. The molecule has 2 aliphatic heterocycles. The number of benzene rings is 2. The van der Waals surface area contributed by atoms with E-state index in [4.69, 9.17) is 9.47 Å². The van der Waals surface area contributed by atoms with Gasteiger partial charge in [-0.25, -0.2) is 4.98 Å². The number of ether oxygens (including phenoxy) is 2. The molecule has 6 rings (SSSR count). The van der Waals surface area contributed by atoms with Crippen LogP contribution in [0.3, 0.4) is 0 Å². The SMILES string of the molecule is COC(=O)[C@]12CC(=O)[C@@H]3C[C@@H](Oc4nc5ccccc5s4)CN3C(=O)[C@@H](Cc3ccc(C)cc3)CCCCC/C=C\[C@H]1C2. The Morgan fingerprint density at radius 1 is 1.09 bits per heavy atom. The predicted octanol–water partition coefficient (Wildman–Crippen LogP) is 6.47. The predicted molar refractivity (Wildman–Crippen MR) is 167 cm³/mol. The van der Waals surface area contributed by atoms with Crippen LogP contribution in [0.4, 0.5) is 0 Å². The first-order chi connectivity index (χ1) is 20.9. The molecule has 8 heteroatoms. The van der Waals surface area contributed by atoms with Gasteiger partial charge in [0.2, 0.25) is 5.91 Å². The van der Waals surface area contributed by atoms with Crippen LogP contribution < -0.4 is 4.74 Å². The molecule has 1 aliphatic carbocycles. The van der Waals surface area contributed by atoms with Crippen LogP contribution in [-0.4, -0.2) is 53.3 Å². The Morgan fingerprint density at radius 2 is 1.91 bits per heavy atom. The Balaban J connectivity index is 1.29. The average Bonchev–Trinajstić information content (AvgIpc) is 3.32. The van der Waals surface area contributed by atoms with E-state index in [1.165, 1.54) is 24.0 Å². The lowest BCUT2D eigenvalue weighted by atomic mass is 9.90. The maximum Gasteiger partial charge on any atom is 0.312 e. The van der Waals surface area contributed by atoms with Crippen molar-refractivity contribution in [2.24, 2.45) is 17.3 Å². The summed E-state index contributed by atoms with van der Waals surface area (Å²) in [5, 5.41) is 0.545. The lowest BCUT2D eigenvalue weighted by Gasteiger charge is -2.29. The van der Waals surface area contributed by atoms with E-state index in [-0.39, 0.29) is 42.0 Å². The van der Waals surface area contributed by atoms with Crippen LogP contribution in [-0.2, 0) is 25.5 Å². The van der Waals surface area contributed by atoms with E-state index in [1.807, 2.05) is 24.3 Å². The number of fused-ring (bicyclic) bond motifs is 3. The van der Waals surface area contributed by atoms with Gasteiger partial charge in [-0.15, -0.1) is 0 Å². The average molecular weight is 601 g/mol. The molecule has 43 heavy (non-hydrogen) atoms. The normalized spacial score (nSPS) is 28.8. The maximum atomic E-state index is 14.4. The molecule has 3 aromatic rings. The fourth-order valence-corrected chi connectivity index (χ4v) is 7.73. The minimum atomic E-state index is -0.843. The van der Waals surface area contributed by atoms with Crippen LogP contribution in [0.15, 0.2) is 60.7 Å². The summed E-state index contributed by atoms with van der Waals surface area (Å²) in [5.41, 5.74) is 2.33. The molecule has 7 nitrogen and oxygen atoms in total. The van der Waals surface area contributed by atoms with Gasteiger partial charge in [0.15, 0.2) is 5.78 Å². The van der Waals surface area contributed by atoms with Gasteiger partial charge in [-0.3, -0.25) is 14.4 Å². The molecule has 1 saturated carbocycles. The number of carbonyl (C=O) groups is 3. The van der Waals surface area contributed by atoms with Gasteiger partial charge in [-0.05, 0) is 62.6 Å². The Morgan fingerprint density at radius 3 is 2.70 bits per heavy atom. The summed E-state index contributed by atoms with van der Waals surface area (Å²) in [4.78, 5) is 47.8. The maximum absolute atomic E-state index is 14.4. The van der Waals surface area contributed by atoms with E-state index in [0.717, 1.165) is 47.9 Å². The largest absolute Gasteiger partial charge is 0.469 e. The van der Waals surface area contributed by atoms with E-state index in [9.17, 15) is 14.4 Å². The number of rotatable bonds is 5. The van der Waals surface area contributed by atoms with Crippen molar-refractivity contribution >= 4 is 39.2 Å². The number of carbonyl (C=O) groups excluding carboxylic acids is 3. The summed E-state index contributed by atoms with van der Waals surface area (Å²) in [7, 11) is 1.39. The first kappa shape index (κ1) is 29.5. The Labute approximate surface area is 257 Å². The third kappa shape index (κ3) is 6.40. The molecular weight excluding hydrogens is 560 g/mol. The molecule has 2 aromatic carbocycles. The standard InChI is InChI=1S/C35H40N2O5S/c1-23-14-16-24(17-15-23)18-25-10-6-4-3-5-7-11-26-20-35(26,33(40)41-2)21-30(38)29-19-27(22-37(29)32(25)39)42-34-36-28-12-8-9-13-31(28)43-34/h7-9,11-17,25-27,29H,3-6,10,18-22H2,1-2H3/b11-7-/t25-,26+,27-,29+,35-/m1/s1. The van der Waals surface area contributed by atoms with E-state index in [2.05, 4.69) is 48.3 Å². The second kappa shape index (κ2) is 12.6. The topological polar surface area (TPSA) is 85.8 Å². The fraction of sp³-hybridized carbons (Fsp3) is 0.486. The van der Waals surface area contributed by atoms with Crippen molar-refractivity contribution in [1.82, 2.24) is 9.88 Å². The van der Waals surface area contributed by atoms with Crippen LogP contribution in [0, 0.1) is 24.2 Å². The smallest absolute Gasteiger partial charge is 0.312 e. The number of ketones is 1. The summed E-state index contributed by atoms with van der Waals surface area (Å²) in [5.74, 6) is -0.669. The molecule has 1 saturated heterocycles. The van der Waals surface area contributed by atoms with E-state index in [1.54, 1.807) is 4.90 Å². The highest BCUT2D eigenvalue weighted by molar-refractivity contribution is 7.20. The van der Waals surface area contributed by atoms with E-state index < -0.39 is 11.5 Å². The lowest BCUT2D eigenvalue weighted by Crippen LogP contribution is -2.45. The van der Waals surface area contributed by atoms with Crippen LogP contribution >= 0.6 is 11.3 Å². The third-order valence-corrected chi connectivity index (χ3v) is 10.3. The molecule has 2 fully saturated rings. The summed E-state index contributed by atoms with van der Waals surface area (Å²) >= 11 is 1.47. The number of esters is 1. The van der Waals surface area contributed by atoms with Crippen molar-refractivity contribution in [2.75, 3.05) is 13.7 Å². The van der Waals surface area contributed by atoms with Gasteiger partial charge < -0.3 is 14.4 Å². The van der Waals surface area contributed by atoms with Crippen molar-refractivity contribution in [3.8, 4) is 5.19 Å². The number of nitrogens with zero attached hydrogens (tertiary/aromatic N) is 2. The first-order valence-electron chi connectivity index (χ1n) is 15.5. The lowest BCUT2D eigenvalue weighted by molar-refractivity contribution is -0.150. The molecule has 1 aromatic heterocycles. The molecule has 0 bridgehead atoms. The van der Waals surface area contributed by atoms with Crippen LogP contribution in [0.2, 0.25) is 0 Å². The van der Waals surface area contributed by atoms with Gasteiger partial charge in [0.25, 0.3) is 5.19 Å². The number of hydrogen-bond donors (Lipinski definition) is 0. The van der Waals surface area contributed by atoms with Crippen molar-refractivity contribution in [1.29, 1.82) is 0 Å². The molecular formula is C35H40N2O5S. The van der Waals surface area contributed by atoms with Gasteiger partial charge in [0.1, 0.15) is 6.10 Å². The number of methoxy groups -OCH3 is 1. The Hall–Kier alpha value is -3.52. The highest BCUT2D eigenvalue weighted by Gasteiger charge is 2.61. The van der Waals surface area contributed by atoms with Gasteiger partial charge in [-0.1, -0.05) is 78.3 Å². The van der Waals surface area contributed by atoms with Crippen LogP contribution in [0.1, 0.15) is 62.5 Å². The van der Waals surface area contributed by atoms with Crippen molar-refractivity contribution in [3.63, 3.8) is 0 Å². The summed E-state index contributed by atoms with van der Waals surface area (Å²) < 4.78 is 12.6. The second-order valence-electron chi connectivity index (χ2n) is 12.5. The minimum absolute atomic E-state index is 0.00165. The Kier molecular flexibility index (Phi) is 8.66. The number of aryl methyl sites for hydroxylation is 1. The molecule has 0 N–H and O–H groups in total. The van der Waals surface area contributed by atoms with Gasteiger partial charge in [0.05, 0.1) is 35.3 Å². The van der Waals surface area contributed by atoms with Crippen molar-refractivity contribution in [3.05, 3.63) is 71.8 Å². The van der Waals surface area contributed by atoms with Crippen molar-refractivity contribution in [2.45, 2.75) is 76.9 Å². The second-order valence-corrected chi connectivity index (χ2v) is 13.5. The molecule has 3 aliphatic rings. The molecule has 0 spiro atoms. The molecule has 3 heterocycles. The van der Waals surface area contributed by atoms with E-state index >= 15 is 0 Å².